The van der Waals surface area contributed by atoms with Gasteiger partial charge in [-0.3, -0.25) is 9.59 Å². The summed E-state index contributed by atoms with van der Waals surface area (Å²) in [6.45, 7) is 1.76. The summed E-state index contributed by atoms with van der Waals surface area (Å²) in [4.78, 5) is 26.3. The molecule has 0 radical (unpaired) electrons. The van der Waals surface area contributed by atoms with Crippen LogP contribution in [0.3, 0.4) is 0 Å². The highest BCUT2D eigenvalue weighted by atomic mass is 16.5. The monoisotopic (exact) mass is 380 g/mol. The number of hydrogen-bond donors (Lipinski definition) is 1. The van der Waals surface area contributed by atoms with Crippen molar-refractivity contribution in [3.05, 3.63) is 65.7 Å². The molecule has 1 fully saturated rings. The molecule has 1 N–H and O–H groups in total. The van der Waals surface area contributed by atoms with Crippen LogP contribution >= 0.6 is 0 Å². The van der Waals surface area contributed by atoms with Gasteiger partial charge in [0, 0.05) is 19.6 Å². The Morgan fingerprint density at radius 2 is 1.68 bits per heavy atom. The van der Waals surface area contributed by atoms with Gasteiger partial charge in [0.05, 0.1) is 7.11 Å². The van der Waals surface area contributed by atoms with Crippen molar-refractivity contribution < 1.29 is 14.3 Å². The van der Waals surface area contributed by atoms with E-state index in [1.165, 1.54) is 5.56 Å². The molecule has 1 aliphatic heterocycles. The van der Waals surface area contributed by atoms with Crippen molar-refractivity contribution in [1.29, 1.82) is 0 Å². The second-order valence-electron chi connectivity index (χ2n) is 7.28. The van der Waals surface area contributed by atoms with Crippen LogP contribution in [0.4, 0.5) is 0 Å². The molecular formula is C23H28N2O3. The molecule has 2 aromatic carbocycles. The quantitative estimate of drug-likeness (QED) is 0.784. The van der Waals surface area contributed by atoms with Crippen LogP contribution in [0.25, 0.3) is 0 Å². The van der Waals surface area contributed by atoms with E-state index in [9.17, 15) is 9.59 Å². The van der Waals surface area contributed by atoms with Gasteiger partial charge in [-0.15, -0.1) is 0 Å². The van der Waals surface area contributed by atoms with Crippen LogP contribution < -0.4 is 10.1 Å². The molecule has 3 rings (SSSR count). The van der Waals surface area contributed by atoms with Crippen molar-refractivity contribution in [1.82, 2.24) is 10.2 Å². The van der Waals surface area contributed by atoms with Crippen LogP contribution in [0.15, 0.2) is 54.6 Å². The van der Waals surface area contributed by atoms with Gasteiger partial charge in [0.1, 0.15) is 5.75 Å². The van der Waals surface area contributed by atoms with E-state index in [0.717, 1.165) is 30.6 Å². The van der Waals surface area contributed by atoms with E-state index >= 15 is 0 Å². The van der Waals surface area contributed by atoms with E-state index in [2.05, 4.69) is 29.6 Å². The number of hydrogen-bond acceptors (Lipinski definition) is 3. The Bertz CT molecular complexity index is 766. The third-order valence-corrected chi connectivity index (χ3v) is 5.32. The average Bonchev–Trinajstić information content (AvgIpc) is 2.75. The molecule has 1 heterocycles. The summed E-state index contributed by atoms with van der Waals surface area (Å²) < 4.78 is 5.13. The van der Waals surface area contributed by atoms with E-state index in [4.69, 9.17) is 4.74 Å². The molecule has 0 saturated carbocycles. The minimum Gasteiger partial charge on any atom is -0.497 e. The van der Waals surface area contributed by atoms with Gasteiger partial charge in [-0.05, 0) is 54.9 Å². The highest BCUT2D eigenvalue weighted by Gasteiger charge is 2.26. The van der Waals surface area contributed by atoms with Crippen molar-refractivity contribution >= 4 is 11.8 Å². The number of likely N-dealkylation sites (tertiary alicyclic amines) is 1. The molecule has 5 nitrogen and oxygen atoms in total. The molecule has 0 aliphatic carbocycles. The van der Waals surface area contributed by atoms with Gasteiger partial charge >= 0.3 is 11.8 Å². The van der Waals surface area contributed by atoms with Crippen LogP contribution in [0.1, 0.15) is 24.0 Å². The standard InChI is InChI=1S/C23H28N2O3/c1-28-21-9-7-18(8-10-21)11-14-24-22(26)23(27)25-15-12-20(13-16-25)17-19-5-3-2-4-6-19/h2-10,20H,11-17H2,1H3,(H,24,26). The highest BCUT2D eigenvalue weighted by Crippen LogP contribution is 2.21. The van der Waals surface area contributed by atoms with E-state index in [-0.39, 0.29) is 0 Å². The van der Waals surface area contributed by atoms with Gasteiger partial charge in [0.15, 0.2) is 0 Å². The lowest BCUT2D eigenvalue weighted by Crippen LogP contribution is -2.47. The normalized spacial score (nSPS) is 14.5. The molecule has 2 amide bonds. The number of benzene rings is 2. The number of amides is 2. The first-order valence-corrected chi connectivity index (χ1v) is 9.89. The second-order valence-corrected chi connectivity index (χ2v) is 7.28. The van der Waals surface area contributed by atoms with Crippen molar-refractivity contribution in [2.45, 2.75) is 25.7 Å². The molecule has 5 heteroatoms. The third kappa shape index (κ3) is 5.59. The zero-order valence-corrected chi connectivity index (χ0v) is 16.4. The summed E-state index contributed by atoms with van der Waals surface area (Å²) >= 11 is 0. The molecule has 1 saturated heterocycles. The fourth-order valence-electron chi connectivity index (χ4n) is 3.62. The smallest absolute Gasteiger partial charge is 0.311 e. The Hall–Kier alpha value is -2.82. The van der Waals surface area contributed by atoms with Crippen LogP contribution in [0.2, 0.25) is 0 Å². The molecular weight excluding hydrogens is 352 g/mol. The Labute approximate surface area is 166 Å². The lowest BCUT2D eigenvalue weighted by Gasteiger charge is -2.31. The molecule has 0 atom stereocenters. The molecule has 1 aliphatic rings. The van der Waals surface area contributed by atoms with Gasteiger partial charge in [-0.25, -0.2) is 0 Å². The zero-order chi connectivity index (χ0) is 19.8. The molecule has 148 valence electrons. The first-order chi connectivity index (χ1) is 13.7. The minimum absolute atomic E-state index is 0.409. The second kappa shape index (κ2) is 9.93. The first-order valence-electron chi connectivity index (χ1n) is 9.89. The van der Waals surface area contributed by atoms with Gasteiger partial charge < -0.3 is 15.0 Å². The fraction of sp³-hybridized carbons (Fsp3) is 0.391. The lowest BCUT2D eigenvalue weighted by atomic mass is 9.90. The number of ether oxygens (including phenoxy) is 1. The SMILES string of the molecule is COc1ccc(CCNC(=O)C(=O)N2CCC(Cc3ccccc3)CC2)cc1. The van der Waals surface area contributed by atoms with Crippen molar-refractivity contribution in [2.24, 2.45) is 5.92 Å². The third-order valence-electron chi connectivity index (χ3n) is 5.32. The predicted molar refractivity (Wildman–Crippen MR) is 109 cm³/mol. The number of piperidine rings is 1. The summed E-state index contributed by atoms with van der Waals surface area (Å²) in [5.74, 6) is 0.464. The van der Waals surface area contributed by atoms with E-state index < -0.39 is 11.8 Å². The molecule has 28 heavy (non-hydrogen) atoms. The van der Waals surface area contributed by atoms with Crippen LogP contribution in [-0.2, 0) is 22.4 Å². The zero-order valence-electron chi connectivity index (χ0n) is 16.4. The number of rotatable bonds is 6. The topological polar surface area (TPSA) is 58.6 Å². The fourth-order valence-corrected chi connectivity index (χ4v) is 3.62. The Kier molecular flexibility index (Phi) is 7.06. The minimum atomic E-state index is -0.505. The van der Waals surface area contributed by atoms with Gasteiger partial charge in [0.25, 0.3) is 0 Å². The van der Waals surface area contributed by atoms with E-state index in [0.29, 0.717) is 32.0 Å². The Balaban J connectivity index is 1.38. The average molecular weight is 380 g/mol. The van der Waals surface area contributed by atoms with Crippen molar-refractivity contribution in [3.63, 3.8) is 0 Å². The molecule has 0 bridgehead atoms. The molecule has 2 aromatic rings. The maximum Gasteiger partial charge on any atom is 0.311 e. The number of methoxy groups -OCH3 is 1. The Morgan fingerprint density at radius 3 is 2.32 bits per heavy atom. The van der Waals surface area contributed by atoms with Gasteiger partial charge in [0.2, 0.25) is 0 Å². The number of carbonyl (C=O) groups is 2. The van der Waals surface area contributed by atoms with Crippen LogP contribution in [-0.4, -0.2) is 43.5 Å². The number of carbonyl (C=O) groups excluding carboxylic acids is 2. The van der Waals surface area contributed by atoms with Crippen LogP contribution in [0, 0.1) is 5.92 Å². The summed E-state index contributed by atoms with van der Waals surface area (Å²) in [6.07, 6.45) is 3.61. The molecule has 0 unspecified atom stereocenters. The highest BCUT2D eigenvalue weighted by molar-refractivity contribution is 6.35. The predicted octanol–water partition coefficient (Wildman–Crippen LogP) is 2.84. The van der Waals surface area contributed by atoms with Crippen LogP contribution in [0.5, 0.6) is 5.75 Å². The largest absolute Gasteiger partial charge is 0.497 e. The number of nitrogens with one attached hydrogen (secondary N) is 1. The summed E-state index contributed by atoms with van der Waals surface area (Å²) in [7, 11) is 1.63. The maximum atomic E-state index is 12.4. The Morgan fingerprint density at radius 1 is 1.00 bits per heavy atom. The summed E-state index contributed by atoms with van der Waals surface area (Å²) in [5.41, 5.74) is 2.43. The molecule has 0 aromatic heterocycles. The van der Waals surface area contributed by atoms with Gasteiger partial charge in [-0.2, -0.15) is 0 Å². The lowest BCUT2D eigenvalue weighted by molar-refractivity contribution is -0.146. The summed E-state index contributed by atoms with van der Waals surface area (Å²) in [6, 6.07) is 18.1. The van der Waals surface area contributed by atoms with E-state index in [1.54, 1.807) is 12.0 Å². The summed E-state index contributed by atoms with van der Waals surface area (Å²) in [5, 5.41) is 2.75. The maximum absolute atomic E-state index is 12.4. The van der Waals surface area contributed by atoms with Gasteiger partial charge in [-0.1, -0.05) is 42.5 Å². The number of nitrogens with zero attached hydrogens (tertiary/aromatic N) is 1. The first kappa shape index (κ1) is 19.9. The van der Waals surface area contributed by atoms with Crippen molar-refractivity contribution in [3.8, 4) is 5.75 Å². The van der Waals surface area contributed by atoms with E-state index in [1.807, 2.05) is 30.3 Å². The molecule has 0 spiro atoms. The van der Waals surface area contributed by atoms with Crippen molar-refractivity contribution in [2.75, 3.05) is 26.7 Å².